The molecule has 1 aliphatic carbocycles. The predicted octanol–water partition coefficient (Wildman–Crippen LogP) is 3.80. The highest BCUT2D eigenvalue weighted by Crippen LogP contribution is 2.34. The summed E-state index contributed by atoms with van der Waals surface area (Å²) in [5.41, 5.74) is -0.747. The van der Waals surface area contributed by atoms with Gasteiger partial charge in [0.15, 0.2) is 0 Å². The van der Waals surface area contributed by atoms with Crippen LogP contribution in [0.4, 0.5) is 19.0 Å². The van der Waals surface area contributed by atoms with Crippen LogP contribution >= 0.6 is 0 Å². The molecular formula is C24H31F3N4O2. The molecule has 1 aromatic carbocycles. The Bertz CT molecular complexity index is 970. The number of anilines is 1. The van der Waals surface area contributed by atoms with E-state index in [0.717, 1.165) is 57.3 Å². The largest absolute Gasteiger partial charge is 0.416 e. The lowest BCUT2D eigenvalue weighted by atomic mass is 9.80. The second kappa shape index (κ2) is 9.85. The summed E-state index contributed by atoms with van der Waals surface area (Å²) in [6, 6.07) is 5.74. The number of alkyl halides is 3. The number of hydrogen-bond acceptors (Lipinski definition) is 5. The normalized spacial score (nSPS) is 23.2. The van der Waals surface area contributed by atoms with Crippen molar-refractivity contribution in [1.29, 1.82) is 0 Å². The number of aliphatic hydroxyl groups is 1. The molecule has 6 nitrogen and oxygen atoms in total. The van der Waals surface area contributed by atoms with Gasteiger partial charge in [0.1, 0.15) is 5.82 Å². The molecule has 0 radical (unpaired) electrons. The Labute approximate surface area is 191 Å². The lowest BCUT2D eigenvalue weighted by Gasteiger charge is -2.47. The van der Waals surface area contributed by atoms with Gasteiger partial charge in [-0.2, -0.15) is 13.2 Å². The number of likely N-dealkylation sites (tertiary alicyclic amines) is 1. The number of carbonyl (C=O) groups excluding carboxylic acids is 1. The highest BCUT2D eigenvalue weighted by molar-refractivity contribution is 5.93. The molecule has 1 saturated heterocycles. The van der Waals surface area contributed by atoms with Crippen molar-refractivity contribution in [3.05, 3.63) is 36.0 Å². The fraction of sp³-hybridized carbons (Fsp3) is 0.583. The van der Waals surface area contributed by atoms with Crippen LogP contribution in [0.3, 0.4) is 0 Å². The number of nitrogens with zero attached hydrogens (tertiary/aromatic N) is 2. The molecule has 2 fully saturated rings. The van der Waals surface area contributed by atoms with Crippen LogP contribution in [-0.4, -0.2) is 58.7 Å². The third kappa shape index (κ3) is 5.58. The first-order valence-electron chi connectivity index (χ1n) is 11.7. The number of rotatable bonds is 7. The van der Waals surface area contributed by atoms with Gasteiger partial charge in [-0.1, -0.05) is 13.0 Å². The minimum Gasteiger partial charge on any atom is -0.393 e. The van der Waals surface area contributed by atoms with Crippen LogP contribution in [0.5, 0.6) is 0 Å². The number of benzene rings is 1. The summed E-state index contributed by atoms with van der Waals surface area (Å²) in [5.74, 6) is 0.458. The zero-order valence-electron chi connectivity index (χ0n) is 18.7. The molecule has 1 amide bonds. The standard InChI is InChI=1S/C24H31F3N4O2/c1-2-21(32)16-4-7-19(8-5-16)31-13-18(14-31)30-22(33)12-29-23-20-11-17(24(25,26)27)6-3-15(20)9-10-28-23/h3,6,9-11,16,18-19,21,32H,2,4-5,7-8,12-14H2,1H3,(H,28,29)(H,30,33)/t16-,19-,21?. The summed E-state index contributed by atoms with van der Waals surface area (Å²) in [7, 11) is 0. The van der Waals surface area contributed by atoms with Gasteiger partial charge in [0.25, 0.3) is 0 Å². The molecule has 180 valence electrons. The quantitative estimate of drug-likeness (QED) is 0.581. The van der Waals surface area contributed by atoms with Crippen molar-refractivity contribution in [2.45, 2.75) is 63.4 Å². The molecule has 1 unspecified atom stereocenters. The van der Waals surface area contributed by atoms with E-state index in [1.807, 2.05) is 6.92 Å². The Hall–Kier alpha value is -2.39. The summed E-state index contributed by atoms with van der Waals surface area (Å²) in [6.07, 6.45) is 1.93. The van der Waals surface area contributed by atoms with E-state index in [2.05, 4.69) is 20.5 Å². The van der Waals surface area contributed by atoms with Crippen molar-refractivity contribution in [2.24, 2.45) is 5.92 Å². The molecule has 2 aliphatic rings. The molecule has 2 aromatic rings. The number of carbonyl (C=O) groups is 1. The molecular weight excluding hydrogens is 433 g/mol. The molecule has 0 spiro atoms. The Morgan fingerprint density at radius 3 is 2.61 bits per heavy atom. The number of pyridine rings is 1. The first-order chi connectivity index (χ1) is 15.7. The third-order valence-electron chi connectivity index (χ3n) is 7.00. The average Bonchev–Trinajstić information content (AvgIpc) is 2.78. The first-order valence-corrected chi connectivity index (χ1v) is 11.7. The van der Waals surface area contributed by atoms with Crippen LogP contribution in [0.2, 0.25) is 0 Å². The summed E-state index contributed by atoms with van der Waals surface area (Å²) < 4.78 is 39.2. The fourth-order valence-electron chi connectivity index (χ4n) is 5.02. The summed E-state index contributed by atoms with van der Waals surface area (Å²) in [5, 5.41) is 16.9. The van der Waals surface area contributed by atoms with Gasteiger partial charge in [-0.05, 0) is 61.6 Å². The van der Waals surface area contributed by atoms with Crippen LogP contribution in [0.25, 0.3) is 10.8 Å². The maximum absolute atomic E-state index is 13.1. The topological polar surface area (TPSA) is 77.5 Å². The van der Waals surface area contributed by atoms with Gasteiger partial charge in [-0.15, -0.1) is 0 Å². The number of nitrogens with one attached hydrogen (secondary N) is 2. The van der Waals surface area contributed by atoms with Crippen LogP contribution in [0.15, 0.2) is 30.5 Å². The first kappa shape index (κ1) is 23.8. The van der Waals surface area contributed by atoms with Gasteiger partial charge in [0.05, 0.1) is 24.3 Å². The van der Waals surface area contributed by atoms with E-state index in [1.165, 1.54) is 12.3 Å². The second-order valence-corrected chi connectivity index (χ2v) is 9.21. The lowest BCUT2D eigenvalue weighted by molar-refractivity contribution is -0.137. The Balaban J connectivity index is 1.24. The molecule has 1 atom stereocenters. The maximum Gasteiger partial charge on any atom is 0.416 e. The lowest BCUT2D eigenvalue weighted by Crippen LogP contribution is -2.63. The molecule has 1 saturated carbocycles. The van der Waals surface area contributed by atoms with Gasteiger partial charge >= 0.3 is 6.18 Å². The molecule has 4 rings (SSSR count). The number of aromatic nitrogens is 1. The van der Waals surface area contributed by atoms with Crippen LogP contribution in [0.1, 0.15) is 44.6 Å². The molecule has 0 bridgehead atoms. The number of fused-ring (bicyclic) bond motifs is 1. The van der Waals surface area contributed by atoms with E-state index in [9.17, 15) is 23.1 Å². The zero-order chi connectivity index (χ0) is 23.6. The molecule has 9 heteroatoms. The smallest absolute Gasteiger partial charge is 0.393 e. The monoisotopic (exact) mass is 464 g/mol. The van der Waals surface area contributed by atoms with Crippen LogP contribution in [-0.2, 0) is 11.0 Å². The van der Waals surface area contributed by atoms with Crippen LogP contribution in [0, 0.1) is 5.92 Å². The summed E-state index contributed by atoms with van der Waals surface area (Å²) in [4.78, 5) is 18.9. The van der Waals surface area contributed by atoms with Crippen molar-refractivity contribution in [2.75, 3.05) is 25.0 Å². The van der Waals surface area contributed by atoms with E-state index < -0.39 is 11.7 Å². The van der Waals surface area contributed by atoms with Gasteiger partial charge < -0.3 is 15.7 Å². The minimum atomic E-state index is -4.44. The van der Waals surface area contributed by atoms with E-state index in [-0.39, 0.29) is 30.4 Å². The molecule has 1 aliphatic heterocycles. The Morgan fingerprint density at radius 1 is 1.21 bits per heavy atom. The van der Waals surface area contributed by atoms with Crippen molar-refractivity contribution in [3.8, 4) is 0 Å². The summed E-state index contributed by atoms with van der Waals surface area (Å²) in [6.45, 7) is 3.57. The molecule has 33 heavy (non-hydrogen) atoms. The highest BCUT2D eigenvalue weighted by atomic mass is 19.4. The summed E-state index contributed by atoms with van der Waals surface area (Å²) >= 11 is 0. The van der Waals surface area contributed by atoms with E-state index in [0.29, 0.717) is 22.7 Å². The number of halogens is 3. The highest BCUT2D eigenvalue weighted by Gasteiger charge is 2.36. The van der Waals surface area contributed by atoms with Gasteiger partial charge in [0, 0.05) is 30.7 Å². The van der Waals surface area contributed by atoms with E-state index in [1.54, 1.807) is 6.07 Å². The molecule has 1 aromatic heterocycles. The Kier molecular flexibility index (Phi) is 7.09. The van der Waals surface area contributed by atoms with Gasteiger partial charge in [-0.25, -0.2) is 4.98 Å². The van der Waals surface area contributed by atoms with Gasteiger partial charge in [-0.3, -0.25) is 9.69 Å². The Morgan fingerprint density at radius 2 is 1.94 bits per heavy atom. The van der Waals surface area contributed by atoms with Crippen molar-refractivity contribution in [3.63, 3.8) is 0 Å². The molecule has 3 N–H and O–H groups in total. The SMILES string of the molecule is CCC(O)[C@H]1CC[C@H](N2CC(NC(=O)CNc3nccc4ccc(C(F)(F)F)cc34)C2)CC1. The van der Waals surface area contributed by atoms with Crippen molar-refractivity contribution in [1.82, 2.24) is 15.2 Å². The number of aliphatic hydroxyl groups excluding tert-OH is 1. The predicted molar refractivity (Wildman–Crippen MR) is 121 cm³/mol. The molecule has 2 heterocycles. The van der Waals surface area contributed by atoms with E-state index >= 15 is 0 Å². The minimum absolute atomic E-state index is 0.0567. The van der Waals surface area contributed by atoms with Crippen LogP contribution < -0.4 is 10.6 Å². The van der Waals surface area contributed by atoms with Gasteiger partial charge in [0.2, 0.25) is 5.91 Å². The zero-order valence-corrected chi connectivity index (χ0v) is 18.7. The van der Waals surface area contributed by atoms with E-state index in [4.69, 9.17) is 0 Å². The maximum atomic E-state index is 13.1. The fourth-order valence-corrected chi connectivity index (χ4v) is 5.02. The number of amides is 1. The average molecular weight is 465 g/mol. The van der Waals surface area contributed by atoms with Crippen molar-refractivity contribution >= 4 is 22.5 Å². The third-order valence-corrected chi connectivity index (χ3v) is 7.00. The van der Waals surface area contributed by atoms with Crippen molar-refractivity contribution < 1.29 is 23.1 Å². The second-order valence-electron chi connectivity index (χ2n) is 9.21. The number of hydrogen-bond donors (Lipinski definition) is 3.